The Labute approximate surface area is 173 Å². The SMILES string of the molecule is CC(C)/C(=C(\c1ccc(O)cc1)c1ccc(OCN(C)C)cc1)c1ccccc1. The van der Waals surface area contributed by atoms with Crippen molar-refractivity contribution >= 4 is 11.1 Å². The number of phenols is 1. The largest absolute Gasteiger partial charge is 0.508 e. The molecule has 29 heavy (non-hydrogen) atoms. The summed E-state index contributed by atoms with van der Waals surface area (Å²) in [6.45, 7) is 4.98. The van der Waals surface area contributed by atoms with Gasteiger partial charge in [0, 0.05) is 0 Å². The highest BCUT2D eigenvalue weighted by atomic mass is 16.5. The second-order valence-corrected chi connectivity index (χ2v) is 7.73. The van der Waals surface area contributed by atoms with Crippen molar-refractivity contribution in [1.82, 2.24) is 4.90 Å². The van der Waals surface area contributed by atoms with Crippen molar-refractivity contribution < 1.29 is 9.84 Å². The Morgan fingerprint density at radius 3 is 1.86 bits per heavy atom. The summed E-state index contributed by atoms with van der Waals surface area (Å²) >= 11 is 0. The molecule has 0 radical (unpaired) electrons. The lowest BCUT2D eigenvalue weighted by Gasteiger charge is -2.21. The lowest BCUT2D eigenvalue weighted by molar-refractivity contribution is 0.179. The molecule has 0 saturated carbocycles. The van der Waals surface area contributed by atoms with Crippen molar-refractivity contribution in [1.29, 1.82) is 0 Å². The predicted octanol–water partition coefficient (Wildman–Crippen LogP) is 5.91. The predicted molar refractivity (Wildman–Crippen MR) is 121 cm³/mol. The quantitative estimate of drug-likeness (QED) is 0.404. The minimum absolute atomic E-state index is 0.270. The molecule has 0 aliphatic carbocycles. The Morgan fingerprint density at radius 1 is 0.793 bits per heavy atom. The Hall–Kier alpha value is -3.04. The maximum atomic E-state index is 9.78. The molecule has 0 aliphatic rings. The van der Waals surface area contributed by atoms with E-state index in [-0.39, 0.29) is 5.75 Å². The molecule has 0 saturated heterocycles. The Morgan fingerprint density at radius 2 is 1.34 bits per heavy atom. The Kier molecular flexibility index (Phi) is 6.73. The topological polar surface area (TPSA) is 32.7 Å². The molecule has 3 rings (SSSR count). The third kappa shape index (κ3) is 5.27. The van der Waals surface area contributed by atoms with E-state index >= 15 is 0 Å². The standard InChI is InChI=1S/C26H29NO2/c1-19(2)25(20-8-6-5-7-9-20)26(21-10-14-23(28)15-11-21)22-12-16-24(17-13-22)29-18-27(3)4/h5-17,19,28H,18H2,1-4H3/b26-25-. The molecule has 3 nitrogen and oxygen atoms in total. The summed E-state index contributed by atoms with van der Waals surface area (Å²) in [5, 5.41) is 9.78. The molecule has 0 amide bonds. The van der Waals surface area contributed by atoms with Gasteiger partial charge in [0.2, 0.25) is 0 Å². The van der Waals surface area contributed by atoms with E-state index in [4.69, 9.17) is 4.74 Å². The molecule has 0 bridgehead atoms. The molecule has 0 atom stereocenters. The first-order chi connectivity index (χ1) is 14.0. The smallest absolute Gasteiger partial charge is 0.141 e. The van der Waals surface area contributed by atoms with Crippen molar-refractivity contribution in [3.8, 4) is 11.5 Å². The summed E-state index contributed by atoms with van der Waals surface area (Å²) in [5.74, 6) is 1.44. The molecule has 3 aromatic rings. The average molecular weight is 388 g/mol. The van der Waals surface area contributed by atoms with Gasteiger partial charge in [-0.2, -0.15) is 0 Å². The number of rotatable bonds is 7. The van der Waals surface area contributed by atoms with Crippen LogP contribution in [0, 0.1) is 5.92 Å². The van der Waals surface area contributed by atoms with E-state index in [9.17, 15) is 5.11 Å². The van der Waals surface area contributed by atoms with Crippen LogP contribution in [0.4, 0.5) is 0 Å². The molecule has 3 heteroatoms. The molecule has 0 aromatic heterocycles. The second-order valence-electron chi connectivity index (χ2n) is 7.73. The average Bonchev–Trinajstić information content (AvgIpc) is 2.72. The molecule has 1 N–H and O–H groups in total. The molecule has 0 unspecified atom stereocenters. The number of hydrogen-bond donors (Lipinski definition) is 1. The van der Waals surface area contributed by atoms with Gasteiger partial charge in [-0.15, -0.1) is 0 Å². The van der Waals surface area contributed by atoms with Gasteiger partial charge in [0.1, 0.15) is 18.2 Å². The van der Waals surface area contributed by atoms with Gasteiger partial charge >= 0.3 is 0 Å². The van der Waals surface area contributed by atoms with Gasteiger partial charge in [-0.3, -0.25) is 4.90 Å². The van der Waals surface area contributed by atoms with Crippen molar-refractivity contribution in [2.24, 2.45) is 5.92 Å². The molecule has 0 heterocycles. The van der Waals surface area contributed by atoms with Crippen LogP contribution in [0.15, 0.2) is 78.9 Å². The van der Waals surface area contributed by atoms with E-state index < -0.39 is 0 Å². The number of aromatic hydroxyl groups is 1. The number of allylic oxidation sites excluding steroid dienone is 1. The third-order valence-electron chi connectivity index (χ3n) is 4.72. The first-order valence-corrected chi connectivity index (χ1v) is 9.92. The number of benzene rings is 3. The summed E-state index contributed by atoms with van der Waals surface area (Å²) in [7, 11) is 3.96. The monoisotopic (exact) mass is 387 g/mol. The zero-order valence-corrected chi connectivity index (χ0v) is 17.6. The Bertz CT molecular complexity index is 940. The lowest BCUT2D eigenvalue weighted by atomic mass is 9.84. The van der Waals surface area contributed by atoms with Crippen LogP contribution in [0.1, 0.15) is 30.5 Å². The number of ether oxygens (including phenoxy) is 1. The summed E-state index contributed by atoms with van der Waals surface area (Å²) in [5.41, 5.74) is 5.86. The van der Waals surface area contributed by atoms with E-state index in [1.165, 1.54) is 16.7 Å². The maximum absolute atomic E-state index is 9.78. The van der Waals surface area contributed by atoms with Crippen LogP contribution >= 0.6 is 0 Å². The van der Waals surface area contributed by atoms with E-state index in [1.807, 2.05) is 49.3 Å². The van der Waals surface area contributed by atoms with E-state index in [1.54, 1.807) is 12.1 Å². The van der Waals surface area contributed by atoms with Crippen LogP contribution in [-0.2, 0) is 0 Å². The molecular weight excluding hydrogens is 358 g/mol. The van der Waals surface area contributed by atoms with Crippen LogP contribution in [0.5, 0.6) is 11.5 Å². The normalized spacial score (nSPS) is 12.2. The lowest BCUT2D eigenvalue weighted by Crippen LogP contribution is -2.18. The van der Waals surface area contributed by atoms with Crippen molar-refractivity contribution in [2.45, 2.75) is 13.8 Å². The third-order valence-corrected chi connectivity index (χ3v) is 4.72. The second kappa shape index (κ2) is 9.44. The van der Waals surface area contributed by atoms with Gasteiger partial charge in [-0.05, 0) is 72.1 Å². The molecular formula is C26H29NO2. The van der Waals surface area contributed by atoms with Crippen LogP contribution in [-0.4, -0.2) is 30.8 Å². The summed E-state index contributed by atoms with van der Waals surface area (Å²) in [4.78, 5) is 1.99. The fourth-order valence-corrected chi connectivity index (χ4v) is 3.41. The number of hydrogen-bond acceptors (Lipinski definition) is 3. The van der Waals surface area contributed by atoms with Crippen molar-refractivity contribution in [3.63, 3.8) is 0 Å². The van der Waals surface area contributed by atoms with Crippen molar-refractivity contribution in [2.75, 3.05) is 20.8 Å². The summed E-state index contributed by atoms with van der Waals surface area (Å²) < 4.78 is 5.79. The molecule has 3 aromatic carbocycles. The molecule has 150 valence electrons. The molecule has 0 spiro atoms. The first kappa shape index (κ1) is 20.7. The van der Waals surface area contributed by atoms with Gasteiger partial charge in [-0.1, -0.05) is 68.4 Å². The van der Waals surface area contributed by atoms with Crippen LogP contribution in [0.2, 0.25) is 0 Å². The summed E-state index contributed by atoms with van der Waals surface area (Å²) in [6, 6.07) is 26.2. The fraction of sp³-hybridized carbons (Fsp3) is 0.231. The fourth-order valence-electron chi connectivity index (χ4n) is 3.41. The van der Waals surface area contributed by atoms with E-state index in [0.29, 0.717) is 12.6 Å². The van der Waals surface area contributed by atoms with Gasteiger partial charge in [0.05, 0.1) is 0 Å². The summed E-state index contributed by atoms with van der Waals surface area (Å²) in [6.07, 6.45) is 0. The maximum Gasteiger partial charge on any atom is 0.141 e. The zero-order valence-electron chi connectivity index (χ0n) is 17.6. The van der Waals surface area contributed by atoms with Gasteiger partial charge in [-0.25, -0.2) is 0 Å². The number of phenolic OH excluding ortho intramolecular Hbond substituents is 1. The minimum atomic E-state index is 0.270. The minimum Gasteiger partial charge on any atom is -0.508 e. The van der Waals surface area contributed by atoms with Crippen LogP contribution < -0.4 is 4.74 Å². The highest BCUT2D eigenvalue weighted by Gasteiger charge is 2.17. The molecule has 0 fully saturated rings. The highest BCUT2D eigenvalue weighted by Crippen LogP contribution is 2.37. The number of nitrogens with zero attached hydrogens (tertiary/aromatic N) is 1. The van der Waals surface area contributed by atoms with Gasteiger partial charge in [0.15, 0.2) is 0 Å². The Balaban J connectivity index is 2.14. The first-order valence-electron chi connectivity index (χ1n) is 9.92. The van der Waals surface area contributed by atoms with Gasteiger partial charge in [0.25, 0.3) is 0 Å². The van der Waals surface area contributed by atoms with Crippen LogP contribution in [0.3, 0.4) is 0 Å². The highest BCUT2D eigenvalue weighted by molar-refractivity contribution is 5.99. The van der Waals surface area contributed by atoms with E-state index in [2.05, 4.69) is 50.2 Å². The van der Waals surface area contributed by atoms with Crippen LogP contribution in [0.25, 0.3) is 11.1 Å². The van der Waals surface area contributed by atoms with Crippen molar-refractivity contribution in [3.05, 3.63) is 95.6 Å². The molecule has 0 aliphatic heterocycles. The van der Waals surface area contributed by atoms with Gasteiger partial charge < -0.3 is 9.84 Å². The zero-order chi connectivity index (χ0) is 20.8. The van der Waals surface area contributed by atoms with E-state index in [0.717, 1.165) is 16.9 Å².